The molecule has 0 amide bonds. The normalized spacial score (nSPS) is 19.1. The Bertz CT molecular complexity index is 385. The second-order valence-electron chi connectivity index (χ2n) is 4.24. The molecular weight excluding hydrogens is 206 g/mol. The van der Waals surface area contributed by atoms with Gasteiger partial charge in [-0.1, -0.05) is 12.1 Å². The number of hydrogen-bond acceptors (Lipinski definition) is 4. The van der Waals surface area contributed by atoms with E-state index in [1.807, 2.05) is 12.1 Å². The van der Waals surface area contributed by atoms with Gasteiger partial charge in [-0.15, -0.1) is 0 Å². The number of nitro groups is 1. The molecule has 1 aliphatic rings. The summed E-state index contributed by atoms with van der Waals surface area (Å²) in [6.07, 6.45) is 0. The van der Waals surface area contributed by atoms with Gasteiger partial charge in [0.1, 0.15) is 0 Å². The molecule has 1 atom stereocenters. The molecule has 86 valence electrons. The van der Waals surface area contributed by atoms with Crippen molar-refractivity contribution in [2.24, 2.45) is 5.73 Å². The minimum absolute atomic E-state index is 0.135. The van der Waals surface area contributed by atoms with Gasteiger partial charge in [-0.25, -0.2) is 0 Å². The number of nitrogens with two attached hydrogens (primary N) is 1. The highest BCUT2D eigenvalue weighted by Crippen LogP contribution is 2.25. The Morgan fingerprint density at radius 2 is 2.00 bits per heavy atom. The first-order valence-corrected chi connectivity index (χ1v) is 5.32. The quantitative estimate of drug-likeness (QED) is 0.616. The summed E-state index contributed by atoms with van der Waals surface area (Å²) in [5, 5.41) is 10.5. The van der Waals surface area contributed by atoms with E-state index in [0.29, 0.717) is 0 Å². The van der Waals surface area contributed by atoms with Gasteiger partial charge in [0, 0.05) is 37.3 Å². The smallest absolute Gasteiger partial charge is 0.269 e. The van der Waals surface area contributed by atoms with Crippen molar-refractivity contribution in [1.82, 2.24) is 4.90 Å². The van der Waals surface area contributed by atoms with Crippen LogP contribution in [0.25, 0.3) is 0 Å². The summed E-state index contributed by atoms with van der Waals surface area (Å²) in [5.41, 5.74) is 6.95. The molecule has 1 saturated heterocycles. The van der Waals surface area contributed by atoms with Crippen molar-refractivity contribution >= 4 is 5.69 Å². The van der Waals surface area contributed by atoms with Crippen molar-refractivity contribution in [3.05, 3.63) is 39.9 Å². The largest absolute Gasteiger partial charge is 0.325 e. The third-order valence-electron chi connectivity index (χ3n) is 3.07. The van der Waals surface area contributed by atoms with E-state index in [1.54, 1.807) is 12.1 Å². The molecule has 1 aromatic carbocycles. The van der Waals surface area contributed by atoms with Gasteiger partial charge in [0.2, 0.25) is 0 Å². The van der Waals surface area contributed by atoms with Crippen LogP contribution in [0.5, 0.6) is 0 Å². The van der Waals surface area contributed by atoms with Crippen molar-refractivity contribution in [3.63, 3.8) is 0 Å². The minimum atomic E-state index is -0.381. The Morgan fingerprint density at radius 1 is 1.44 bits per heavy atom. The molecule has 1 aliphatic heterocycles. The first-order chi connectivity index (χ1) is 7.58. The zero-order valence-corrected chi connectivity index (χ0v) is 9.17. The molecule has 2 N–H and O–H groups in total. The number of benzene rings is 1. The van der Waals surface area contributed by atoms with Crippen molar-refractivity contribution < 1.29 is 4.92 Å². The highest BCUT2D eigenvalue weighted by Gasteiger charge is 2.28. The van der Waals surface area contributed by atoms with Crippen molar-refractivity contribution in [2.75, 3.05) is 13.1 Å². The van der Waals surface area contributed by atoms with Gasteiger partial charge in [-0.05, 0) is 12.5 Å². The summed E-state index contributed by atoms with van der Waals surface area (Å²) in [7, 11) is 0. The van der Waals surface area contributed by atoms with Crippen LogP contribution < -0.4 is 5.73 Å². The number of hydrogen-bond donors (Lipinski definition) is 1. The van der Waals surface area contributed by atoms with E-state index in [4.69, 9.17) is 5.73 Å². The van der Waals surface area contributed by atoms with Gasteiger partial charge in [-0.2, -0.15) is 0 Å². The Labute approximate surface area is 94.0 Å². The predicted molar refractivity (Wildman–Crippen MR) is 61.1 cm³/mol. The molecule has 1 fully saturated rings. The van der Waals surface area contributed by atoms with Crippen LogP contribution in [0, 0.1) is 10.1 Å². The predicted octanol–water partition coefficient (Wildman–Crippen LogP) is 1.30. The Kier molecular flexibility index (Phi) is 2.89. The SMILES string of the molecule is CC(c1ccc([N+](=O)[O-])cc1)N1CC(N)C1. The summed E-state index contributed by atoms with van der Waals surface area (Å²) >= 11 is 0. The minimum Gasteiger partial charge on any atom is -0.325 e. The number of rotatable bonds is 3. The van der Waals surface area contributed by atoms with Crippen molar-refractivity contribution in [1.29, 1.82) is 0 Å². The zero-order chi connectivity index (χ0) is 11.7. The molecule has 0 saturated carbocycles. The van der Waals surface area contributed by atoms with Gasteiger partial charge in [-0.3, -0.25) is 15.0 Å². The van der Waals surface area contributed by atoms with Crippen LogP contribution in [-0.4, -0.2) is 29.0 Å². The molecule has 16 heavy (non-hydrogen) atoms. The second kappa shape index (κ2) is 4.19. The molecule has 0 bridgehead atoms. The summed E-state index contributed by atoms with van der Waals surface area (Å²) in [6.45, 7) is 3.89. The van der Waals surface area contributed by atoms with Gasteiger partial charge >= 0.3 is 0 Å². The number of non-ortho nitro benzene ring substituents is 1. The van der Waals surface area contributed by atoms with Crippen LogP contribution >= 0.6 is 0 Å². The summed E-state index contributed by atoms with van der Waals surface area (Å²) in [5.74, 6) is 0. The summed E-state index contributed by atoms with van der Waals surface area (Å²) in [4.78, 5) is 12.4. The lowest BCUT2D eigenvalue weighted by atomic mass is 10.0. The van der Waals surface area contributed by atoms with Crippen LogP contribution in [0.4, 0.5) is 5.69 Å². The average molecular weight is 221 g/mol. The summed E-state index contributed by atoms with van der Waals surface area (Å²) < 4.78 is 0. The molecule has 1 unspecified atom stereocenters. The Balaban J connectivity index is 2.06. The molecule has 0 spiro atoms. The van der Waals surface area contributed by atoms with Gasteiger partial charge in [0.05, 0.1) is 4.92 Å². The van der Waals surface area contributed by atoms with E-state index in [2.05, 4.69) is 11.8 Å². The molecule has 5 nitrogen and oxygen atoms in total. The van der Waals surface area contributed by atoms with Crippen LogP contribution in [0.15, 0.2) is 24.3 Å². The maximum Gasteiger partial charge on any atom is 0.269 e. The van der Waals surface area contributed by atoms with Gasteiger partial charge in [0.25, 0.3) is 5.69 Å². The van der Waals surface area contributed by atoms with Crippen molar-refractivity contribution in [2.45, 2.75) is 19.0 Å². The number of nitro benzene ring substituents is 1. The molecule has 0 radical (unpaired) electrons. The van der Waals surface area contributed by atoms with Crippen LogP contribution in [0.3, 0.4) is 0 Å². The van der Waals surface area contributed by atoms with E-state index in [-0.39, 0.29) is 22.7 Å². The standard InChI is InChI=1S/C11H15N3O2/c1-8(13-6-10(12)7-13)9-2-4-11(5-3-9)14(15)16/h2-5,8,10H,6-7,12H2,1H3. The maximum absolute atomic E-state index is 10.5. The van der Waals surface area contributed by atoms with E-state index < -0.39 is 0 Å². The number of nitrogens with zero attached hydrogens (tertiary/aromatic N) is 2. The molecular formula is C11H15N3O2. The first-order valence-electron chi connectivity index (χ1n) is 5.32. The lowest BCUT2D eigenvalue weighted by Gasteiger charge is -2.41. The van der Waals surface area contributed by atoms with Crippen LogP contribution in [0.2, 0.25) is 0 Å². The maximum atomic E-state index is 10.5. The topological polar surface area (TPSA) is 72.4 Å². The fraction of sp³-hybridized carbons (Fsp3) is 0.455. The fourth-order valence-corrected chi connectivity index (χ4v) is 1.95. The fourth-order valence-electron chi connectivity index (χ4n) is 1.95. The molecule has 2 rings (SSSR count). The summed E-state index contributed by atoms with van der Waals surface area (Å²) in [6, 6.07) is 7.28. The van der Waals surface area contributed by atoms with Gasteiger partial charge < -0.3 is 5.73 Å². The number of likely N-dealkylation sites (tertiary alicyclic amines) is 1. The monoisotopic (exact) mass is 221 g/mol. The highest BCUT2D eigenvalue weighted by atomic mass is 16.6. The van der Waals surface area contributed by atoms with E-state index >= 15 is 0 Å². The second-order valence-corrected chi connectivity index (χ2v) is 4.24. The van der Waals surface area contributed by atoms with E-state index in [9.17, 15) is 10.1 Å². The zero-order valence-electron chi connectivity index (χ0n) is 9.17. The molecule has 1 heterocycles. The average Bonchev–Trinajstić information content (AvgIpc) is 2.24. The van der Waals surface area contributed by atoms with E-state index in [0.717, 1.165) is 18.7 Å². The van der Waals surface area contributed by atoms with Crippen molar-refractivity contribution in [3.8, 4) is 0 Å². The molecule has 0 aromatic heterocycles. The molecule has 5 heteroatoms. The third-order valence-corrected chi connectivity index (χ3v) is 3.07. The molecule has 1 aromatic rings. The van der Waals surface area contributed by atoms with Gasteiger partial charge in [0.15, 0.2) is 0 Å². The lowest BCUT2D eigenvalue weighted by Crippen LogP contribution is -2.56. The lowest BCUT2D eigenvalue weighted by molar-refractivity contribution is -0.384. The van der Waals surface area contributed by atoms with Crippen LogP contribution in [-0.2, 0) is 0 Å². The molecule has 0 aliphatic carbocycles. The third kappa shape index (κ3) is 2.05. The highest BCUT2D eigenvalue weighted by molar-refractivity contribution is 5.34. The Morgan fingerprint density at radius 3 is 2.44 bits per heavy atom. The Hall–Kier alpha value is -1.46. The van der Waals surface area contributed by atoms with Crippen LogP contribution in [0.1, 0.15) is 18.5 Å². The first kappa shape index (κ1) is 11.0. The van der Waals surface area contributed by atoms with E-state index in [1.165, 1.54) is 0 Å².